The average molecular weight is 296 g/mol. The number of thioether (sulfide) groups is 1. The molecule has 7 heteroatoms. The van der Waals surface area contributed by atoms with Crippen molar-refractivity contribution in [3.8, 4) is 0 Å². The Hall–Kier alpha value is -1.31. The third-order valence-electron chi connectivity index (χ3n) is 2.98. The molecule has 0 radical (unpaired) electrons. The molecule has 0 aliphatic rings. The van der Waals surface area contributed by atoms with Gasteiger partial charge in [-0.1, -0.05) is 13.8 Å². The highest BCUT2D eigenvalue weighted by Crippen LogP contribution is 2.13. The Morgan fingerprint density at radius 2 is 2.25 bits per heavy atom. The number of fused-ring (bicyclic) bond motifs is 1. The minimum atomic E-state index is -0.171. The Balaban J connectivity index is 2.01. The van der Waals surface area contributed by atoms with Crippen LogP contribution in [0.15, 0.2) is 17.3 Å². The third-order valence-corrected chi connectivity index (χ3v) is 4.24. The van der Waals surface area contributed by atoms with Crippen molar-refractivity contribution in [1.29, 1.82) is 0 Å². The first kappa shape index (κ1) is 15.1. The summed E-state index contributed by atoms with van der Waals surface area (Å²) in [6.45, 7) is 4.93. The van der Waals surface area contributed by atoms with Gasteiger partial charge in [0.05, 0.1) is 18.5 Å². The van der Waals surface area contributed by atoms with Crippen LogP contribution in [0.5, 0.6) is 0 Å². The molecule has 2 heterocycles. The normalized spacial score (nSPS) is 13.2. The van der Waals surface area contributed by atoms with Crippen LogP contribution in [-0.2, 0) is 6.54 Å². The maximum absolute atomic E-state index is 11.6. The molecule has 0 saturated heterocycles. The second kappa shape index (κ2) is 6.92. The lowest BCUT2D eigenvalue weighted by Gasteiger charge is -2.16. The van der Waals surface area contributed by atoms with Gasteiger partial charge in [0.1, 0.15) is 5.52 Å². The van der Waals surface area contributed by atoms with Crippen LogP contribution in [0.25, 0.3) is 11.0 Å². The highest BCUT2D eigenvalue weighted by molar-refractivity contribution is 7.99. The van der Waals surface area contributed by atoms with Gasteiger partial charge in [0.15, 0.2) is 0 Å². The van der Waals surface area contributed by atoms with Crippen LogP contribution in [0, 0.1) is 0 Å². The van der Waals surface area contributed by atoms with E-state index in [9.17, 15) is 9.90 Å². The summed E-state index contributed by atoms with van der Waals surface area (Å²) in [5.74, 6) is 0.852. The molecule has 0 aromatic carbocycles. The molecule has 110 valence electrons. The fourth-order valence-electron chi connectivity index (χ4n) is 1.88. The van der Waals surface area contributed by atoms with Crippen LogP contribution in [0.1, 0.15) is 19.4 Å². The number of aliphatic hydroxyl groups is 1. The van der Waals surface area contributed by atoms with E-state index in [1.54, 1.807) is 18.0 Å². The number of nitrogens with one attached hydrogen (secondary N) is 3. The molecule has 0 amide bonds. The summed E-state index contributed by atoms with van der Waals surface area (Å²) in [5.41, 5.74) is 1.92. The minimum absolute atomic E-state index is 0.0364. The number of hydrogen-bond donors (Lipinski definition) is 4. The Morgan fingerprint density at radius 3 is 2.95 bits per heavy atom. The van der Waals surface area contributed by atoms with Gasteiger partial charge >= 0.3 is 0 Å². The number of rotatable bonds is 7. The van der Waals surface area contributed by atoms with Gasteiger partial charge in [-0.2, -0.15) is 11.8 Å². The van der Waals surface area contributed by atoms with E-state index < -0.39 is 0 Å². The van der Waals surface area contributed by atoms with E-state index in [0.29, 0.717) is 22.8 Å². The molecule has 0 fully saturated rings. The van der Waals surface area contributed by atoms with E-state index in [2.05, 4.69) is 34.1 Å². The summed E-state index contributed by atoms with van der Waals surface area (Å²) in [4.78, 5) is 21.2. The maximum atomic E-state index is 11.6. The molecule has 20 heavy (non-hydrogen) atoms. The van der Waals surface area contributed by atoms with Crippen LogP contribution in [-0.4, -0.2) is 43.7 Å². The first-order valence-electron chi connectivity index (χ1n) is 6.61. The third kappa shape index (κ3) is 3.62. The van der Waals surface area contributed by atoms with E-state index in [4.69, 9.17) is 0 Å². The molecule has 0 saturated carbocycles. The van der Waals surface area contributed by atoms with E-state index in [0.717, 1.165) is 11.3 Å². The van der Waals surface area contributed by atoms with Crippen LogP contribution in [0.3, 0.4) is 0 Å². The van der Waals surface area contributed by atoms with Crippen molar-refractivity contribution < 1.29 is 5.11 Å². The number of aromatic nitrogens is 3. The average Bonchev–Trinajstić information content (AvgIpc) is 2.83. The number of aromatic amines is 2. The van der Waals surface area contributed by atoms with Crippen molar-refractivity contribution in [3.05, 3.63) is 28.4 Å². The fraction of sp³-hybridized carbons (Fsp3) is 0.538. The Bertz CT molecular complexity index is 608. The molecular formula is C13H20N4O2S. The molecule has 1 unspecified atom stereocenters. The largest absolute Gasteiger partial charge is 0.395 e. The molecule has 2 aromatic rings. The van der Waals surface area contributed by atoms with Crippen molar-refractivity contribution in [1.82, 2.24) is 20.3 Å². The standard InChI is InChI=1S/C13H20N4O2S/c1-8(2)20-6-10(5-18)14-3-9-4-15-12-11(9)16-7-17-13(12)19/h4,7-8,10,14-15,18H,3,5-6H2,1-2H3,(H,16,17,19). The Morgan fingerprint density at radius 1 is 1.45 bits per heavy atom. The SMILES string of the molecule is CC(C)SCC(CO)NCc1c[nH]c2c(=O)[nH]cnc12. The smallest absolute Gasteiger partial charge is 0.275 e. The minimum Gasteiger partial charge on any atom is -0.395 e. The van der Waals surface area contributed by atoms with Crippen molar-refractivity contribution in [2.45, 2.75) is 31.7 Å². The number of H-pyrrole nitrogens is 2. The van der Waals surface area contributed by atoms with Crippen LogP contribution in [0.4, 0.5) is 0 Å². The van der Waals surface area contributed by atoms with Gasteiger partial charge in [0.25, 0.3) is 5.56 Å². The molecular weight excluding hydrogens is 276 g/mol. The second-order valence-electron chi connectivity index (χ2n) is 4.91. The van der Waals surface area contributed by atoms with E-state index in [1.165, 1.54) is 6.33 Å². The van der Waals surface area contributed by atoms with E-state index in [-0.39, 0.29) is 18.2 Å². The predicted octanol–water partition coefficient (Wildman–Crippen LogP) is 0.843. The van der Waals surface area contributed by atoms with Gasteiger partial charge in [-0.05, 0) is 5.25 Å². The van der Waals surface area contributed by atoms with Gasteiger partial charge in [0.2, 0.25) is 0 Å². The summed E-state index contributed by atoms with van der Waals surface area (Å²) in [6, 6.07) is 0.0364. The van der Waals surface area contributed by atoms with Gasteiger partial charge in [-0.3, -0.25) is 4.79 Å². The van der Waals surface area contributed by atoms with Crippen molar-refractivity contribution in [3.63, 3.8) is 0 Å². The van der Waals surface area contributed by atoms with Crippen molar-refractivity contribution in [2.75, 3.05) is 12.4 Å². The zero-order valence-corrected chi connectivity index (χ0v) is 12.5. The Kier molecular flexibility index (Phi) is 5.22. The molecule has 0 bridgehead atoms. The Labute approximate surface area is 121 Å². The lowest BCUT2D eigenvalue weighted by Crippen LogP contribution is -2.34. The molecule has 6 nitrogen and oxygen atoms in total. The fourth-order valence-corrected chi connectivity index (χ4v) is 2.72. The zero-order chi connectivity index (χ0) is 14.5. The lowest BCUT2D eigenvalue weighted by atomic mass is 10.2. The molecule has 0 aliphatic carbocycles. The summed E-state index contributed by atoms with van der Waals surface area (Å²) >= 11 is 1.81. The van der Waals surface area contributed by atoms with Crippen molar-refractivity contribution in [2.24, 2.45) is 0 Å². The van der Waals surface area contributed by atoms with Crippen LogP contribution >= 0.6 is 11.8 Å². The molecule has 1 atom stereocenters. The molecule has 0 aliphatic heterocycles. The molecule has 4 N–H and O–H groups in total. The highest BCUT2D eigenvalue weighted by Gasteiger charge is 2.11. The van der Waals surface area contributed by atoms with Crippen LogP contribution < -0.4 is 10.9 Å². The van der Waals surface area contributed by atoms with Gasteiger partial charge in [0, 0.05) is 30.1 Å². The molecule has 2 aromatic heterocycles. The van der Waals surface area contributed by atoms with Crippen LogP contribution in [0.2, 0.25) is 0 Å². The van der Waals surface area contributed by atoms with Gasteiger partial charge in [-0.25, -0.2) is 4.98 Å². The number of aliphatic hydroxyl groups excluding tert-OH is 1. The summed E-state index contributed by atoms with van der Waals surface area (Å²) in [5, 5.41) is 13.2. The zero-order valence-electron chi connectivity index (χ0n) is 11.6. The first-order chi connectivity index (χ1) is 9.61. The van der Waals surface area contributed by atoms with E-state index >= 15 is 0 Å². The predicted molar refractivity (Wildman–Crippen MR) is 82.0 cm³/mol. The number of hydrogen-bond acceptors (Lipinski definition) is 5. The lowest BCUT2D eigenvalue weighted by molar-refractivity contribution is 0.253. The van der Waals surface area contributed by atoms with Crippen molar-refractivity contribution >= 4 is 22.8 Å². The summed E-state index contributed by atoms with van der Waals surface area (Å²) in [7, 11) is 0. The highest BCUT2D eigenvalue weighted by atomic mass is 32.2. The topological polar surface area (TPSA) is 93.8 Å². The molecule has 0 spiro atoms. The quantitative estimate of drug-likeness (QED) is 0.607. The number of nitrogens with zero attached hydrogens (tertiary/aromatic N) is 1. The van der Waals surface area contributed by atoms with Gasteiger partial charge in [-0.15, -0.1) is 0 Å². The monoisotopic (exact) mass is 296 g/mol. The van der Waals surface area contributed by atoms with E-state index in [1.807, 2.05) is 0 Å². The first-order valence-corrected chi connectivity index (χ1v) is 7.66. The van der Waals surface area contributed by atoms with Gasteiger partial charge < -0.3 is 20.4 Å². The maximum Gasteiger partial charge on any atom is 0.275 e. The summed E-state index contributed by atoms with van der Waals surface area (Å²) in [6.07, 6.45) is 3.18. The molecule has 2 rings (SSSR count). The second-order valence-corrected chi connectivity index (χ2v) is 6.52. The summed E-state index contributed by atoms with van der Waals surface area (Å²) < 4.78 is 0.